The molecule has 1 aliphatic heterocycles. The van der Waals surface area contributed by atoms with Gasteiger partial charge in [0.25, 0.3) is 0 Å². The fraction of sp³-hybridized carbons (Fsp3) is 0.615. The molecule has 2 nitrogen and oxygen atoms in total. The van der Waals surface area contributed by atoms with Gasteiger partial charge in [-0.15, -0.1) is 0 Å². The van der Waals surface area contributed by atoms with Crippen molar-refractivity contribution >= 4 is 5.71 Å². The molecule has 0 aromatic rings. The Kier molecular flexibility index (Phi) is 3.06. The summed E-state index contributed by atoms with van der Waals surface area (Å²) in [5.41, 5.74) is 4.00. The molecule has 1 aliphatic carbocycles. The van der Waals surface area contributed by atoms with E-state index in [2.05, 4.69) is 43.2 Å². The van der Waals surface area contributed by atoms with Gasteiger partial charge in [0, 0.05) is 24.8 Å². The average Bonchev–Trinajstić information content (AvgIpc) is 2.81. The lowest BCUT2D eigenvalue weighted by Gasteiger charge is -2.18. The number of nitrogens with zero attached hydrogens (tertiary/aromatic N) is 1. The molecule has 2 unspecified atom stereocenters. The van der Waals surface area contributed by atoms with Gasteiger partial charge in [-0.25, -0.2) is 0 Å². The lowest BCUT2D eigenvalue weighted by molar-refractivity contribution is 0.693. The van der Waals surface area contributed by atoms with E-state index in [1.807, 2.05) is 0 Å². The van der Waals surface area contributed by atoms with Crippen molar-refractivity contribution < 1.29 is 0 Å². The molecule has 2 aliphatic rings. The quantitative estimate of drug-likeness (QED) is 0.701. The molecule has 0 aromatic heterocycles. The minimum atomic E-state index is 0.586. The van der Waals surface area contributed by atoms with Crippen LogP contribution in [0.4, 0.5) is 0 Å². The molecule has 1 N–H and O–H groups in total. The highest BCUT2D eigenvalue weighted by atomic mass is 15.0. The van der Waals surface area contributed by atoms with Gasteiger partial charge in [0.15, 0.2) is 0 Å². The Morgan fingerprint density at radius 2 is 2.47 bits per heavy atom. The summed E-state index contributed by atoms with van der Waals surface area (Å²) in [5, 5.41) is 3.55. The minimum Gasteiger partial charge on any atom is -0.309 e. The monoisotopic (exact) mass is 204 g/mol. The number of nitrogens with one attached hydrogen (secondary N) is 1. The summed E-state index contributed by atoms with van der Waals surface area (Å²) in [6.45, 7) is 8.35. The molecule has 0 spiro atoms. The SMILES string of the molecule is C/C=C(/C1=CC2CNC1C2)C(C)=NCC. The highest BCUT2D eigenvalue weighted by molar-refractivity contribution is 6.02. The largest absolute Gasteiger partial charge is 0.309 e. The molecule has 15 heavy (non-hydrogen) atoms. The summed E-state index contributed by atoms with van der Waals surface area (Å²) >= 11 is 0. The zero-order valence-corrected chi connectivity index (χ0v) is 9.88. The number of rotatable bonds is 3. The molecular weight excluding hydrogens is 184 g/mol. The number of hydrogen-bond acceptors (Lipinski definition) is 2. The highest BCUT2D eigenvalue weighted by Gasteiger charge is 2.33. The van der Waals surface area contributed by atoms with Gasteiger partial charge in [0.2, 0.25) is 0 Å². The molecule has 0 amide bonds. The van der Waals surface area contributed by atoms with Crippen LogP contribution >= 0.6 is 0 Å². The summed E-state index contributed by atoms with van der Waals surface area (Å²) in [6, 6.07) is 0.586. The molecule has 2 rings (SSSR count). The van der Waals surface area contributed by atoms with Crippen molar-refractivity contribution in [1.29, 1.82) is 0 Å². The van der Waals surface area contributed by atoms with Crippen LogP contribution in [0.25, 0.3) is 0 Å². The van der Waals surface area contributed by atoms with Gasteiger partial charge < -0.3 is 5.32 Å². The van der Waals surface area contributed by atoms with Crippen molar-refractivity contribution in [3.63, 3.8) is 0 Å². The number of allylic oxidation sites excluding steroid dienone is 1. The Balaban J connectivity index is 2.22. The molecule has 2 bridgehead atoms. The second kappa shape index (κ2) is 4.31. The lowest BCUT2D eigenvalue weighted by atomic mass is 9.97. The maximum absolute atomic E-state index is 4.50. The third-order valence-corrected chi connectivity index (χ3v) is 3.34. The van der Waals surface area contributed by atoms with E-state index >= 15 is 0 Å². The van der Waals surface area contributed by atoms with Crippen molar-refractivity contribution in [2.75, 3.05) is 13.1 Å². The fourth-order valence-corrected chi connectivity index (χ4v) is 2.68. The van der Waals surface area contributed by atoms with Gasteiger partial charge in [-0.1, -0.05) is 12.2 Å². The first kappa shape index (κ1) is 10.6. The Labute approximate surface area is 92.2 Å². The Morgan fingerprint density at radius 1 is 1.67 bits per heavy atom. The average molecular weight is 204 g/mol. The van der Waals surface area contributed by atoms with E-state index < -0.39 is 0 Å². The molecule has 1 fully saturated rings. The summed E-state index contributed by atoms with van der Waals surface area (Å²) in [6.07, 6.45) is 5.92. The van der Waals surface area contributed by atoms with Gasteiger partial charge in [0.05, 0.1) is 0 Å². The Morgan fingerprint density at radius 3 is 2.93 bits per heavy atom. The molecule has 82 valence electrons. The van der Waals surface area contributed by atoms with E-state index in [1.54, 1.807) is 0 Å². The zero-order chi connectivity index (χ0) is 10.8. The summed E-state index contributed by atoms with van der Waals surface area (Å²) in [4.78, 5) is 4.50. The Bertz CT molecular complexity index is 336. The van der Waals surface area contributed by atoms with Crippen LogP contribution in [0.2, 0.25) is 0 Å². The molecule has 0 aromatic carbocycles. The van der Waals surface area contributed by atoms with Gasteiger partial charge in [-0.2, -0.15) is 0 Å². The van der Waals surface area contributed by atoms with E-state index in [0.29, 0.717) is 6.04 Å². The zero-order valence-electron chi connectivity index (χ0n) is 9.88. The maximum Gasteiger partial charge on any atom is 0.0389 e. The van der Waals surface area contributed by atoms with Crippen LogP contribution < -0.4 is 5.32 Å². The van der Waals surface area contributed by atoms with Crippen molar-refractivity contribution in [2.24, 2.45) is 10.9 Å². The van der Waals surface area contributed by atoms with Crippen LogP contribution in [0.15, 0.2) is 28.3 Å². The smallest absolute Gasteiger partial charge is 0.0389 e. The van der Waals surface area contributed by atoms with Crippen molar-refractivity contribution in [1.82, 2.24) is 5.32 Å². The first-order chi connectivity index (χ1) is 7.26. The molecule has 1 heterocycles. The topological polar surface area (TPSA) is 24.4 Å². The lowest BCUT2D eigenvalue weighted by Crippen LogP contribution is -2.27. The fourth-order valence-electron chi connectivity index (χ4n) is 2.68. The van der Waals surface area contributed by atoms with Crippen LogP contribution in [-0.2, 0) is 0 Å². The van der Waals surface area contributed by atoms with Crippen molar-refractivity contribution in [2.45, 2.75) is 33.2 Å². The van der Waals surface area contributed by atoms with Crippen LogP contribution in [0.5, 0.6) is 0 Å². The minimum absolute atomic E-state index is 0.586. The third kappa shape index (κ3) is 1.91. The van der Waals surface area contributed by atoms with E-state index in [4.69, 9.17) is 0 Å². The number of hydrogen-bond donors (Lipinski definition) is 1. The molecular formula is C13H20N2. The third-order valence-electron chi connectivity index (χ3n) is 3.34. The summed E-state index contributed by atoms with van der Waals surface area (Å²) in [5.74, 6) is 0.759. The Hall–Kier alpha value is -0.890. The first-order valence-electron chi connectivity index (χ1n) is 5.89. The molecule has 1 saturated heterocycles. The van der Waals surface area contributed by atoms with E-state index in [9.17, 15) is 0 Å². The predicted molar refractivity (Wildman–Crippen MR) is 65.4 cm³/mol. The van der Waals surface area contributed by atoms with E-state index in [0.717, 1.165) is 19.0 Å². The van der Waals surface area contributed by atoms with Gasteiger partial charge in [-0.3, -0.25) is 4.99 Å². The van der Waals surface area contributed by atoms with Crippen LogP contribution in [0.3, 0.4) is 0 Å². The normalized spacial score (nSPS) is 31.0. The van der Waals surface area contributed by atoms with E-state index in [-0.39, 0.29) is 0 Å². The standard InChI is InChI=1S/C13H20N2/c1-4-11(9(3)14-5-2)12-6-10-7-13(12)15-8-10/h4,6,10,13,15H,5,7-8H2,1-3H3/b11-4+,14-9?. The molecule has 0 saturated carbocycles. The van der Waals surface area contributed by atoms with E-state index in [1.165, 1.54) is 23.3 Å². The van der Waals surface area contributed by atoms with Crippen molar-refractivity contribution in [3.05, 3.63) is 23.3 Å². The maximum atomic E-state index is 4.50. The molecule has 2 heteroatoms. The predicted octanol–water partition coefficient (Wildman–Crippen LogP) is 2.33. The van der Waals surface area contributed by atoms with Gasteiger partial charge in [0.1, 0.15) is 0 Å². The summed E-state index contributed by atoms with van der Waals surface area (Å²) < 4.78 is 0. The van der Waals surface area contributed by atoms with Gasteiger partial charge in [-0.05, 0) is 44.3 Å². The summed E-state index contributed by atoms with van der Waals surface area (Å²) in [7, 11) is 0. The van der Waals surface area contributed by atoms with Crippen molar-refractivity contribution in [3.8, 4) is 0 Å². The van der Waals surface area contributed by atoms with Gasteiger partial charge >= 0.3 is 0 Å². The first-order valence-corrected chi connectivity index (χ1v) is 5.89. The highest BCUT2D eigenvalue weighted by Crippen LogP contribution is 2.34. The van der Waals surface area contributed by atoms with Crippen LogP contribution in [-0.4, -0.2) is 24.8 Å². The van der Waals surface area contributed by atoms with Crippen LogP contribution in [0, 0.1) is 5.92 Å². The van der Waals surface area contributed by atoms with Crippen LogP contribution in [0.1, 0.15) is 27.2 Å². The second-order valence-corrected chi connectivity index (χ2v) is 4.34. The number of fused-ring (bicyclic) bond motifs is 2. The molecule has 2 atom stereocenters. The number of aliphatic imine (C=N–C) groups is 1. The second-order valence-electron chi connectivity index (χ2n) is 4.34. The molecule has 0 radical (unpaired) electrons.